The maximum Gasteiger partial charge on any atom is 0.253 e. The van der Waals surface area contributed by atoms with Gasteiger partial charge in [0.15, 0.2) is 5.96 Å². The molecule has 1 aromatic rings. The Morgan fingerprint density at radius 3 is 2.23 bits per heavy atom. The largest absolute Gasteiger partial charge is 0.357 e. The van der Waals surface area contributed by atoms with Crippen molar-refractivity contribution in [2.24, 2.45) is 10.9 Å². The fourth-order valence-electron chi connectivity index (χ4n) is 3.59. The third kappa shape index (κ3) is 9.74. The molecule has 0 saturated carbocycles. The topological polar surface area (TPSA) is 63.2 Å². The predicted molar refractivity (Wildman–Crippen MR) is 140 cm³/mol. The lowest BCUT2D eigenvalue weighted by atomic mass is 10.1. The molecule has 1 aliphatic heterocycles. The van der Waals surface area contributed by atoms with Gasteiger partial charge in [-0.1, -0.05) is 26.0 Å². The summed E-state index contributed by atoms with van der Waals surface area (Å²) in [5.74, 6) is 1.41. The molecule has 1 saturated heterocycles. The van der Waals surface area contributed by atoms with Crippen LogP contribution in [-0.4, -0.2) is 93.0 Å². The van der Waals surface area contributed by atoms with E-state index in [9.17, 15) is 4.79 Å². The van der Waals surface area contributed by atoms with E-state index in [1.54, 1.807) is 19.0 Å². The maximum absolute atomic E-state index is 12.0. The molecule has 0 spiro atoms. The van der Waals surface area contributed by atoms with Crippen molar-refractivity contribution in [3.8, 4) is 0 Å². The first-order chi connectivity index (χ1) is 14.4. The Morgan fingerprint density at radius 1 is 1.06 bits per heavy atom. The van der Waals surface area contributed by atoms with E-state index in [1.807, 2.05) is 24.3 Å². The van der Waals surface area contributed by atoms with Crippen molar-refractivity contribution in [2.45, 2.75) is 27.3 Å². The van der Waals surface area contributed by atoms with Gasteiger partial charge < -0.3 is 25.3 Å². The van der Waals surface area contributed by atoms with Crippen LogP contribution < -0.4 is 10.6 Å². The standard InChI is InChI=1S/C23H40N6O.HI/c1-6-24-23(25-16-19(3)18-29-14-12-28(7-2)13-15-29)26-17-20-8-10-21(11-9-20)22(30)27(4)5;/h8-11,19H,6-7,12-18H2,1-5H3,(H2,24,25,26);1H. The van der Waals surface area contributed by atoms with E-state index in [-0.39, 0.29) is 29.9 Å². The van der Waals surface area contributed by atoms with E-state index in [2.05, 4.69) is 41.2 Å². The second-order valence-electron chi connectivity index (χ2n) is 8.31. The van der Waals surface area contributed by atoms with E-state index < -0.39 is 0 Å². The molecule has 0 aliphatic carbocycles. The molecule has 1 aromatic carbocycles. The lowest BCUT2D eigenvalue weighted by molar-refractivity contribution is 0.0827. The van der Waals surface area contributed by atoms with Crippen molar-refractivity contribution in [3.63, 3.8) is 0 Å². The molecular formula is C23H41IN6O. The van der Waals surface area contributed by atoms with Crippen molar-refractivity contribution in [1.82, 2.24) is 25.3 Å². The van der Waals surface area contributed by atoms with Gasteiger partial charge in [-0.05, 0) is 37.1 Å². The third-order valence-corrected chi connectivity index (χ3v) is 5.47. The number of nitrogens with zero attached hydrogens (tertiary/aromatic N) is 4. The molecular weight excluding hydrogens is 503 g/mol. The van der Waals surface area contributed by atoms with Crippen molar-refractivity contribution >= 4 is 35.8 Å². The van der Waals surface area contributed by atoms with Crippen molar-refractivity contribution < 1.29 is 4.79 Å². The third-order valence-electron chi connectivity index (χ3n) is 5.47. The highest BCUT2D eigenvalue weighted by Crippen LogP contribution is 2.08. The number of rotatable bonds is 9. The summed E-state index contributed by atoms with van der Waals surface area (Å²) in [5, 5.41) is 6.81. The lowest BCUT2D eigenvalue weighted by Crippen LogP contribution is -2.48. The summed E-state index contributed by atoms with van der Waals surface area (Å²) >= 11 is 0. The molecule has 0 radical (unpaired) electrons. The zero-order chi connectivity index (χ0) is 21.9. The number of aliphatic imine (C=N–C) groups is 1. The number of piperazine rings is 1. The van der Waals surface area contributed by atoms with Gasteiger partial charge in [0.1, 0.15) is 0 Å². The molecule has 1 heterocycles. The second kappa shape index (κ2) is 14.6. The van der Waals surface area contributed by atoms with Crippen LogP contribution in [0.4, 0.5) is 0 Å². The zero-order valence-electron chi connectivity index (χ0n) is 19.9. The number of benzene rings is 1. The normalized spacial score (nSPS) is 16.4. The smallest absolute Gasteiger partial charge is 0.253 e. The number of amides is 1. The lowest BCUT2D eigenvalue weighted by Gasteiger charge is -2.35. The highest BCUT2D eigenvalue weighted by Gasteiger charge is 2.17. The molecule has 31 heavy (non-hydrogen) atoms. The van der Waals surface area contributed by atoms with Gasteiger partial charge >= 0.3 is 0 Å². The van der Waals surface area contributed by atoms with Gasteiger partial charge in [0, 0.05) is 65.5 Å². The van der Waals surface area contributed by atoms with Crippen LogP contribution in [-0.2, 0) is 6.54 Å². The second-order valence-corrected chi connectivity index (χ2v) is 8.31. The highest BCUT2D eigenvalue weighted by atomic mass is 127. The summed E-state index contributed by atoms with van der Waals surface area (Å²) in [5.41, 5.74) is 1.79. The van der Waals surface area contributed by atoms with Crippen LogP contribution in [0.1, 0.15) is 36.7 Å². The zero-order valence-corrected chi connectivity index (χ0v) is 22.2. The Labute approximate surface area is 205 Å². The van der Waals surface area contributed by atoms with E-state index >= 15 is 0 Å². The van der Waals surface area contributed by atoms with E-state index in [0.29, 0.717) is 18.0 Å². The van der Waals surface area contributed by atoms with Crippen molar-refractivity contribution in [3.05, 3.63) is 35.4 Å². The molecule has 1 fully saturated rings. The Morgan fingerprint density at radius 2 is 1.68 bits per heavy atom. The average Bonchev–Trinajstić information content (AvgIpc) is 2.76. The first kappa shape index (κ1) is 27.6. The Kier molecular flexibility index (Phi) is 13.0. The van der Waals surface area contributed by atoms with Gasteiger partial charge in [0.25, 0.3) is 5.91 Å². The number of carbonyl (C=O) groups excluding carboxylic acids is 1. The van der Waals surface area contributed by atoms with Crippen LogP contribution in [0.15, 0.2) is 29.3 Å². The summed E-state index contributed by atoms with van der Waals surface area (Å²) < 4.78 is 0. The molecule has 0 bridgehead atoms. The monoisotopic (exact) mass is 544 g/mol. The Balaban J connectivity index is 0.00000480. The van der Waals surface area contributed by atoms with Crippen LogP contribution in [0, 0.1) is 5.92 Å². The van der Waals surface area contributed by atoms with Gasteiger partial charge in [0.2, 0.25) is 0 Å². The summed E-state index contributed by atoms with van der Waals surface area (Å²) in [6, 6.07) is 7.69. The molecule has 2 rings (SSSR count). The molecule has 1 atom stereocenters. The van der Waals surface area contributed by atoms with Crippen LogP contribution in [0.5, 0.6) is 0 Å². The summed E-state index contributed by atoms with van der Waals surface area (Å²) in [7, 11) is 3.53. The fourth-order valence-corrected chi connectivity index (χ4v) is 3.59. The number of likely N-dealkylation sites (N-methyl/N-ethyl adjacent to an activating group) is 1. The number of hydrogen-bond donors (Lipinski definition) is 2. The van der Waals surface area contributed by atoms with E-state index in [4.69, 9.17) is 4.99 Å². The first-order valence-corrected chi connectivity index (χ1v) is 11.2. The molecule has 8 heteroatoms. The van der Waals surface area contributed by atoms with Crippen LogP contribution >= 0.6 is 24.0 Å². The van der Waals surface area contributed by atoms with Crippen LogP contribution in [0.3, 0.4) is 0 Å². The summed E-state index contributed by atoms with van der Waals surface area (Å²) in [6.07, 6.45) is 0. The fraction of sp³-hybridized carbons (Fsp3) is 0.652. The molecule has 0 aromatic heterocycles. The van der Waals surface area contributed by atoms with Gasteiger partial charge in [-0.2, -0.15) is 0 Å². The number of nitrogens with one attached hydrogen (secondary N) is 2. The highest BCUT2D eigenvalue weighted by molar-refractivity contribution is 14.0. The molecule has 1 unspecified atom stereocenters. The van der Waals surface area contributed by atoms with Gasteiger partial charge in [0.05, 0.1) is 6.54 Å². The molecule has 2 N–H and O–H groups in total. The minimum atomic E-state index is 0. The number of hydrogen-bond acceptors (Lipinski definition) is 4. The summed E-state index contributed by atoms with van der Waals surface area (Å²) in [6.45, 7) is 15.9. The molecule has 1 aliphatic rings. The number of carbonyl (C=O) groups is 1. The predicted octanol–water partition coefficient (Wildman–Crippen LogP) is 2.34. The Bertz CT molecular complexity index is 671. The van der Waals surface area contributed by atoms with Crippen molar-refractivity contribution in [2.75, 3.05) is 66.5 Å². The Hall–Kier alpha value is -1.39. The van der Waals surface area contributed by atoms with Crippen LogP contribution in [0.25, 0.3) is 0 Å². The molecule has 7 nitrogen and oxygen atoms in total. The first-order valence-electron chi connectivity index (χ1n) is 11.2. The van der Waals surface area contributed by atoms with Crippen molar-refractivity contribution in [1.29, 1.82) is 0 Å². The van der Waals surface area contributed by atoms with Gasteiger partial charge in [-0.25, -0.2) is 4.99 Å². The minimum Gasteiger partial charge on any atom is -0.357 e. The number of guanidine groups is 1. The SMILES string of the molecule is CCNC(=NCc1ccc(C(=O)N(C)C)cc1)NCC(C)CN1CCN(CC)CC1.I. The van der Waals surface area contributed by atoms with Gasteiger partial charge in [-0.15, -0.1) is 24.0 Å². The van der Waals surface area contributed by atoms with E-state index in [1.165, 1.54) is 26.2 Å². The van der Waals surface area contributed by atoms with Crippen LogP contribution in [0.2, 0.25) is 0 Å². The molecule has 176 valence electrons. The number of halogens is 1. The average molecular weight is 545 g/mol. The maximum atomic E-state index is 12.0. The van der Waals surface area contributed by atoms with Gasteiger partial charge in [-0.3, -0.25) is 4.79 Å². The molecule has 1 amide bonds. The quantitative estimate of drug-likeness (QED) is 0.284. The minimum absolute atomic E-state index is 0. The van der Waals surface area contributed by atoms with E-state index in [0.717, 1.165) is 37.7 Å². The summed E-state index contributed by atoms with van der Waals surface area (Å²) in [4.78, 5) is 23.4.